The standard InChI is InChI=1S/C24H38N6O.HI/c1-7-9-14-26-23(31)21-12-10-20(11-13-21)16-27-24(25-8-2)28-17(3)15-22-18(4)29-30(6)19(22)5;/h10-13,17H,7-9,14-16H2,1-6H3,(H,26,31)(H2,25,27,28);1H. The fourth-order valence-corrected chi connectivity index (χ4v) is 3.44. The third-order valence-electron chi connectivity index (χ3n) is 5.35. The molecule has 0 aliphatic heterocycles. The lowest BCUT2D eigenvalue weighted by Crippen LogP contribution is -2.43. The fourth-order valence-electron chi connectivity index (χ4n) is 3.44. The molecule has 1 amide bonds. The van der Waals surface area contributed by atoms with Gasteiger partial charge in [0.2, 0.25) is 0 Å². The van der Waals surface area contributed by atoms with E-state index in [1.165, 1.54) is 11.3 Å². The maximum Gasteiger partial charge on any atom is 0.251 e. The van der Waals surface area contributed by atoms with Gasteiger partial charge in [-0.05, 0) is 63.8 Å². The Kier molecular flexibility index (Phi) is 12.3. The van der Waals surface area contributed by atoms with Crippen molar-refractivity contribution >= 4 is 35.8 Å². The Labute approximate surface area is 209 Å². The molecular formula is C24H39IN6O. The highest BCUT2D eigenvalue weighted by atomic mass is 127. The Balaban J connectivity index is 0.00000512. The van der Waals surface area contributed by atoms with E-state index in [2.05, 4.69) is 55.7 Å². The second kappa shape index (κ2) is 14.1. The highest BCUT2D eigenvalue weighted by molar-refractivity contribution is 14.0. The van der Waals surface area contributed by atoms with E-state index in [-0.39, 0.29) is 35.9 Å². The maximum atomic E-state index is 12.1. The molecule has 0 saturated carbocycles. The van der Waals surface area contributed by atoms with Gasteiger partial charge in [-0.25, -0.2) is 4.99 Å². The van der Waals surface area contributed by atoms with Crippen LogP contribution in [0.15, 0.2) is 29.3 Å². The zero-order chi connectivity index (χ0) is 22.8. The molecule has 1 heterocycles. The summed E-state index contributed by atoms with van der Waals surface area (Å²) in [6.45, 7) is 12.5. The Morgan fingerprint density at radius 3 is 2.41 bits per heavy atom. The number of nitrogens with zero attached hydrogens (tertiary/aromatic N) is 3. The zero-order valence-electron chi connectivity index (χ0n) is 20.3. The molecule has 32 heavy (non-hydrogen) atoms. The topological polar surface area (TPSA) is 83.3 Å². The number of aliphatic imine (C=N–C) groups is 1. The first-order chi connectivity index (χ1) is 14.8. The minimum Gasteiger partial charge on any atom is -0.357 e. The van der Waals surface area contributed by atoms with Gasteiger partial charge in [-0.3, -0.25) is 9.48 Å². The quantitative estimate of drug-likeness (QED) is 0.180. The van der Waals surface area contributed by atoms with Crippen molar-refractivity contribution < 1.29 is 4.79 Å². The van der Waals surface area contributed by atoms with Crippen LogP contribution in [0.2, 0.25) is 0 Å². The molecule has 1 aromatic heterocycles. The predicted octanol–water partition coefficient (Wildman–Crippen LogP) is 3.87. The van der Waals surface area contributed by atoms with Crippen molar-refractivity contribution in [1.82, 2.24) is 25.7 Å². The second-order valence-corrected chi connectivity index (χ2v) is 8.02. The summed E-state index contributed by atoms with van der Waals surface area (Å²) in [6, 6.07) is 7.88. The summed E-state index contributed by atoms with van der Waals surface area (Å²) in [7, 11) is 1.98. The molecule has 1 unspecified atom stereocenters. The predicted molar refractivity (Wildman–Crippen MR) is 143 cm³/mol. The summed E-state index contributed by atoms with van der Waals surface area (Å²) in [4.78, 5) is 16.9. The number of aromatic nitrogens is 2. The van der Waals surface area contributed by atoms with Gasteiger partial charge in [0.05, 0.1) is 12.2 Å². The molecule has 0 saturated heterocycles. The van der Waals surface area contributed by atoms with Crippen LogP contribution in [0.25, 0.3) is 0 Å². The number of halogens is 1. The van der Waals surface area contributed by atoms with Crippen LogP contribution in [0.4, 0.5) is 0 Å². The van der Waals surface area contributed by atoms with Gasteiger partial charge in [0.25, 0.3) is 5.91 Å². The van der Waals surface area contributed by atoms with E-state index in [1.807, 2.05) is 36.0 Å². The smallest absolute Gasteiger partial charge is 0.251 e. The molecular weight excluding hydrogens is 515 g/mol. The van der Waals surface area contributed by atoms with E-state index in [0.29, 0.717) is 12.1 Å². The molecule has 0 radical (unpaired) electrons. The van der Waals surface area contributed by atoms with Crippen LogP contribution in [0.5, 0.6) is 0 Å². The van der Waals surface area contributed by atoms with Crippen molar-refractivity contribution in [2.24, 2.45) is 12.0 Å². The Hall–Kier alpha value is -2.10. The summed E-state index contributed by atoms with van der Waals surface area (Å²) in [5.74, 6) is 0.768. The van der Waals surface area contributed by atoms with Crippen LogP contribution in [-0.4, -0.2) is 40.8 Å². The number of rotatable bonds is 10. The van der Waals surface area contributed by atoms with Crippen LogP contribution < -0.4 is 16.0 Å². The molecule has 1 aromatic carbocycles. The van der Waals surface area contributed by atoms with E-state index in [1.54, 1.807) is 0 Å². The van der Waals surface area contributed by atoms with E-state index in [9.17, 15) is 4.79 Å². The number of hydrogen-bond acceptors (Lipinski definition) is 3. The first-order valence-electron chi connectivity index (χ1n) is 11.3. The second-order valence-electron chi connectivity index (χ2n) is 8.02. The van der Waals surface area contributed by atoms with Gasteiger partial charge in [-0.1, -0.05) is 25.5 Å². The third-order valence-corrected chi connectivity index (χ3v) is 5.35. The lowest BCUT2D eigenvalue weighted by atomic mass is 10.1. The first kappa shape index (κ1) is 27.9. The minimum absolute atomic E-state index is 0. The number of amides is 1. The van der Waals surface area contributed by atoms with Crippen molar-refractivity contribution in [3.8, 4) is 0 Å². The van der Waals surface area contributed by atoms with Crippen LogP contribution >= 0.6 is 24.0 Å². The van der Waals surface area contributed by atoms with Crippen molar-refractivity contribution in [3.05, 3.63) is 52.3 Å². The molecule has 0 bridgehead atoms. The minimum atomic E-state index is -0.0201. The van der Waals surface area contributed by atoms with Crippen LogP contribution in [0, 0.1) is 13.8 Å². The van der Waals surface area contributed by atoms with E-state index < -0.39 is 0 Å². The molecule has 0 fully saturated rings. The number of nitrogens with one attached hydrogen (secondary N) is 3. The molecule has 1 atom stereocenters. The van der Waals surface area contributed by atoms with Crippen molar-refractivity contribution in [3.63, 3.8) is 0 Å². The average molecular weight is 555 g/mol. The Morgan fingerprint density at radius 2 is 1.84 bits per heavy atom. The summed E-state index contributed by atoms with van der Waals surface area (Å²) < 4.78 is 1.93. The summed E-state index contributed by atoms with van der Waals surface area (Å²) >= 11 is 0. The molecule has 2 rings (SSSR count). The summed E-state index contributed by atoms with van der Waals surface area (Å²) in [5.41, 5.74) is 5.31. The number of carbonyl (C=O) groups is 1. The van der Waals surface area contributed by atoms with Crippen LogP contribution in [-0.2, 0) is 20.0 Å². The van der Waals surface area contributed by atoms with Gasteiger partial charge < -0.3 is 16.0 Å². The summed E-state index contributed by atoms with van der Waals surface area (Å²) in [5, 5.41) is 14.3. The number of benzene rings is 1. The largest absolute Gasteiger partial charge is 0.357 e. The highest BCUT2D eigenvalue weighted by Crippen LogP contribution is 2.14. The molecule has 0 aliphatic carbocycles. The highest BCUT2D eigenvalue weighted by Gasteiger charge is 2.14. The van der Waals surface area contributed by atoms with Gasteiger partial charge in [0.15, 0.2) is 5.96 Å². The SMILES string of the molecule is CCCCNC(=O)c1ccc(CN=C(NCC)NC(C)Cc2c(C)nn(C)c2C)cc1.I. The van der Waals surface area contributed by atoms with Gasteiger partial charge >= 0.3 is 0 Å². The van der Waals surface area contributed by atoms with Crippen LogP contribution in [0.1, 0.15) is 66.5 Å². The molecule has 3 N–H and O–H groups in total. The maximum absolute atomic E-state index is 12.1. The first-order valence-corrected chi connectivity index (χ1v) is 11.3. The molecule has 8 heteroatoms. The normalized spacial score (nSPS) is 12.1. The average Bonchev–Trinajstić information content (AvgIpc) is 2.98. The van der Waals surface area contributed by atoms with E-state index in [4.69, 9.17) is 4.99 Å². The molecule has 0 aliphatic rings. The lowest BCUT2D eigenvalue weighted by molar-refractivity contribution is 0.0953. The molecule has 7 nitrogen and oxygen atoms in total. The zero-order valence-corrected chi connectivity index (χ0v) is 22.6. The molecule has 0 spiro atoms. The summed E-state index contributed by atoms with van der Waals surface area (Å²) in [6.07, 6.45) is 2.95. The number of hydrogen-bond donors (Lipinski definition) is 3. The van der Waals surface area contributed by atoms with E-state index >= 15 is 0 Å². The lowest BCUT2D eigenvalue weighted by Gasteiger charge is -2.18. The van der Waals surface area contributed by atoms with Crippen molar-refractivity contribution in [1.29, 1.82) is 0 Å². The number of unbranched alkanes of at least 4 members (excludes halogenated alkanes) is 1. The number of aryl methyl sites for hydroxylation is 2. The van der Waals surface area contributed by atoms with Crippen molar-refractivity contribution in [2.75, 3.05) is 13.1 Å². The van der Waals surface area contributed by atoms with Crippen molar-refractivity contribution in [2.45, 2.75) is 66.5 Å². The Morgan fingerprint density at radius 1 is 1.16 bits per heavy atom. The van der Waals surface area contributed by atoms with Gasteiger partial charge in [0, 0.05) is 37.4 Å². The fraction of sp³-hybridized carbons (Fsp3) is 0.542. The number of guanidine groups is 1. The van der Waals surface area contributed by atoms with Gasteiger partial charge in [-0.2, -0.15) is 5.10 Å². The monoisotopic (exact) mass is 554 g/mol. The van der Waals surface area contributed by atoms with Crippen LogP contribution in [0.3, 0.4) is 0 Å². The molecule has 178 valence electrons. The van der Waals surface area contributed by atoms with E-state index in [0.717, 1.165) is 49.6 Å². The third kappa shape index (κ3) is 8.44. The van der Waals surface area contributed by atoms with Gasteiger partial charge in [0.1, 0.15) is 0 Å². The number of carbonyl (C=O) groups excluding carboxylic acids is 1. The molecule has 2 aromatic rings. The van der Waals surface area contributed by atoms with Gasteiger partial charge in [-0.15, -0.1) is 24.0 Å². The Bertz CT molecular complexity index is 875.